The molecule has 0 rings (SSSR count). The average molecular weight is 597 g/mol. The Morgan fingerprint density at radius 1 is 0.452 bits per heavy atom. The molecular formula is C37H72O5. The van der Waals surface area contributed by atoms with E-state index in [4.69, 9.17) is 9.47 Å². The van der Waals surface area contributed by atoms with Crippen LogP contribution in [-0.4, -0.2) is 36.4 Å². The third-order valence-electron chi connectivity index (χ3n) is 8.40. The fourth-order valence-corrected chi connectivity index (χ4v) is 5.55. The number of unbranched alkanes of at least 4 members (excludes halogenated alkanes) is 26. The zero-order chi connectivity index (χ0) is 30.8. The van der Waals surface area contributed by atoms with Crippen molar-refractivity contribution in [1.82, 2.24) is 0 Å². The predicted molar refractivity (Wildman–Crippen MR) is 178 cm³/mol. The standard InChI is InChI=1S/C37H72O5/c1-3-5-7-9-11-13-15-16-17-18-19-20-21-22-24-26-28-30-32-37(40)42-35(33-38)34-41-36(39)31-29-27-25-23-14-12-10-8-6-4-2/h35,38H,3-34H2,1-2H3. The van der Waals surface area contributed by atoms with Gasteiger partial charge >= 0.3 is 11.9 Å². The van der Waals surface area contributed by atoms with Gasteiger partial charge in [-0.25, -0.2) is 0 Å². The van der Waals surface area contributed by atoms with Crippen LogP contribution in [0.25, 0.3) is 0 Å². The van der Waals surface area contributed by atoms with E-state index < -0.39 is 6.10 Å². The Bertz CT molecular complexity index is 564. The minimum Gasteiger partial charge on any atom is -0.462 e. The first-order valence-corrected chi connectivity index (χ1v) is 18.6. The zero-order valence-corrected chi connectivity index (χ0v) is 28.3. The van der Waals surface area contributed by atoms with Gasteiger partial charge in [0.05, 0.1) is 6.61 Å². The smallest absolute Gasteiger partial charge is 0.306 e. The summed E-state index contributed by atoms with van der Waals surface area (Å²) in [6.07, 6.45) is 35.9. The lowest BCUT2D eigenvalue weighted by molar-refractivity contribution is -0.161. The van der Waals surface area contributed by atoms with Crippen molar-refractivity contribution in [2.75, 3.05) is 13.2 Å². The third kappa shape index (κ3) is 31.8. The number of rotatable bonds is 34. The van der Waals surface area contributed by atoms with Crippen LogP contribution < -0.4 is 0 Å². The van der Waals surface area contributed by atoms with E-state index in [1.807, 2.05) is 0 Å². The highest BCUT2D eigenvalue weighted by Crippen LogP contribution is 2.15. The predicted octanol–water partition coefficient (Wildman–Crippen LogP) is 11.2. The SMILES string of the molecule is CCCCCCCCCCCCCCCCCCCCC(=O)OC(CO)COC(=O)CCCCCCCCCCCC. The van der Waals surface area contributed by atoms with Gasteiger partial charge < -0.3 is 14.6 Å². The highest BCUT2D eigenvalue weighted by Gasteiger charge is 2.16. The first kappa shape index (κ1) is 40.9. The summed E-state index contributed by atoms with van der Waals surface area (Å²) in [5.74, 6) is -0.580. The molecule has 0 bridgehead atoms. The van der Waals surface area contributed by atoms with Gasteiger partial charge in [0.1, 0.15) is 6.61 Å². The Morgan fingerprint density at radius 3 is 1.05 bits per heavy atom. The van der Waals surface area contributed by atoms with Crippen LogP contribution in [0.3, 0.4) is 0 Å². The molecule has 0 spiro atoms. The molecule has 1 atom stereocenters. The molecule has 0 aliphatic carbocycles. The fraction of sp³-hybridized carbons (Fsp3) is 0.946. The summed E-state index contributed by atoms with van der Waals surface area (Å²) in [5.41, 5.74) is 0. The van der Waals surface area contributed by atoms with Crippen LogP contribution in [0.2, 0.25) is 0 Å². The lowest BCUT2D eigenvalue weighted by atomic mass is 10.0. The van der Waals surface area contributed by atoms with Gasteiger partial charge in [0.2, 0.25) is 0 Å². The average Bonchev–Trinajstić information content (AvgIpc) is 2.99. The Kier molecular flexibility index (Phi) is 33.5. The zero-order valence-electron chi connectivity index (χ0n) is 28.3. The molecule has 0 saturated carbocycles. The fourth-order valence-electron chi connectivity index (χ4n) is 5.55. The number of esters is 2. The monoisotopic (exact) mass is 597 g/mol. The number of ether oxygens (including phenoxy) is 2. The molecule has 1 N–H and O–H groups in total. The molecule has 42 heavy (non-hydrogen) atoms. The Balaban J connectivity index is 3.48. The molecule has 250 valence electrons. The maximum Gasteiger partial charge on any atom is 0.306 e. The van der Waals surface area contributed by atoms with Crippen molar-refractivity contribution in [1.29, 1.82) is 0 Å². The van der Waals surface area contributed by atoms with E-state index in [1.165, 1.54) is 141 Å². The van der Waals surface area contributed by atoms with Gasteiger partial charge in [0.25, 0.3) is 0 Å². The Labute approximate surface area is 261 Å². The van der Waals surface area contributed by atoms with E-state index >= 15 is 0 Å². The van der Waals surface area contributed by atoms with Crippen LogP contribution in [0.4, 0.5) is 0 Å². The molecule has 0 amide bonds. The molecule has 5 heteroatoms. The Hall–Kier alpha value is -1.10. The Morgan fingerprint density at radius 2 is 0.738 bits per heavy atom. The summed E-state index contributed by atoms with van der Waals surface area (Å²) >= 11 is 0. The third-order valence-corrected chi connectivity index (χ3v) is 8.40. The largest absolute Gasteiger partial charge is 0.462 e. The molecule has 0 aliphatic heterocycles. The van der Waals surface area contributed by atoms with Crippen molar-refractivity contribution in [3.05, 3.63) is 0 Å². The lowest BCUT2D eigenvalue weighted by Crippen LogP contribution is -2.28. The van der Waals surface area contributed by atoms with Gasteiger partial charge in [0.15, 0.2) is 6.10 Å². The molecule has 5 nitrogen and oxygen atoms in total. The van der Waals surface area contributed by atoms with Crippen molar-refractivity contribution in [3.8, 4) is 0 Å². The first-order valence-electron chi connectivity index (χ1n) is 18.6. The van der Waals surface area contributed by atoms with Crippen molar-refractivity contribution in [3.63, 3.8) is 0 Å². The number of carbonyl (C=O) groups excluding carboxylic acids is 2. The summed E-state index contributed by atoms with van der Waals surface area (Å²) < 4.78 is 10.6. The van der Waals surface area contributed by atoms with Crippen molar-refractivity contribution < 1.29 is 24.2 Å². The highest BCUT2D eigenvalue weighted by molar-refractivity contribution is 5.70. The summed E-state index contributed by atoms with van der Waals surface area (Å²) in [5, 5.41) is 9.51. The quantitative estimate of drug-likeness (QED) is 0.0591. The summed E-state index contributed by atoms with van der Waals surface area (Å²) in [7, 11) is 0. The van der Waals surface area contributed by atoms with Crippen molar-refractivity contribution >= 4 is 11.9 Å². The molecule has 0 aliphatic rings. The normalized spacial score (nSPS) is 12.0. The number of aliphatic hydroxyl groups excluding tert-OH is 1. The van der Waals surface area contributed by atoms with Gasteiger partial charge in [-0.1, -0.05) is 181 Å². The second-order valence-corrected chi connectivity index (χ2v) is 12.7. The van der Waals surface area contributed by atoms with E-state index in [0.29, 0.717) is 12.8 Å². The topological polar surface area (TPSA) is 72.8 Å². The number of carbonyl (C=O) groups is 2. The number of hydrogen-bond donors (Lipinski definition) is 1. The van der Waals surface area contributed by atoms with E-state index in [9.17, 15) is 14.7 Å². The van der Waals surface area contributed by atoms with E-state index in [2.05, 4.69) is 13.8 Å². The minimum absolute atomic E-state index is 0.0576. The maximum atomic E-state index is 12.1. The van der Waals surface area contributed by atoms with Crippen LogP contribution in [0, 0.1) is 0 Å². The van der Waals surface area contributed by atoms with Crippen LogP contribution in [0.5, 0.6) is 0 Å². The van der Waals surface area contributed by atoms with Gasteiger partial charge in [-0.15, -0.1) is 0 Å². The lowest BCUT2D eigenvalue weighted by Gasteiger charge is -2.15. The molecule has 0 radical (unpaired) electrons. The maximum absolute atomic E-state index is 12.1. The minimum atomic E-state index is -0.760. The summed E-state index contributed by atoms with van der Waals surface area (Å²) in [6, 6.07) is 0. The van der Waals surface area contributed by atoms with Crippen LogP contribution in [0.15, 0.2) is 0 Å². The molecule has 0 aromatic rings. The van der Waals surface area contributed by atoms with Crippen LogP contribution >= 0.6 is 0 Å². The van der Waals surface area contributed by atoms with Gasteiger partial charge in [-0.2, -0.15) is 0 Å². The molecule has 0 aromatic heterocycles. The second kappa shape index (κ2) is 34.4. The van der Waals surface area contributed by atoms with Gasteiger partial charge in [0, 0.05) is 12.8 Å². The van der Waals surface area contributed by atoms with Crippen LogP contribution in [0.1, 0.15) is 206 Å². The molecule has 0 saturated heterocycles. The van der Waals surface area contributed by atoms with Crippen molar-refractivity contribution in [2.24, 2.45) is 0 Å². The van der Waals surface area contributed by atoms with E-state index in [-0.39, 0.29) is 25.2 Å². The molecule has 0 heterocycles. The summed E-state index contributed by atoms with van der Waals surface area (Å²) in [6.45, 7) is 4.14. The molecule has 0 fully saturated rings. The summed E-state index contributed by atoms with van der Waals surface area (Å²) in [4.78, 5) is 24.1. The second-order valence-electron chi connectivity index (χ2n) is 12.7. The molecule has 0 aromatic carbocycles. The molecular weight excluding hydrogens is 524 g/mol. The van der Waals surface area contributed by atoms with E-state index in [1.54, 1.807) is 0 Å². The first-order chi connectivity index (χ1) is 20.6. The van der Waals surface area contributed by atoms with E-state index in [0.717, 1.165) is 38.5 Å². The van der Waals surface area contributed by atoms with Gasteiger partial charge in [-0.05, 0) is 12.8 Å². The number of aliphatic hydroxyl groups is 1. The van der Waals surface area contributed by atoms with Gasteiger partial charge in [-0.3, -0.25) is 9.59 Å². The van der Waals surface area contributed by atoms with Crippen LogP contribution in [-0.2, 0) is 19.1 Å². The number of hydrogen-bond acceptors (Lipinski definition) is 5. The van der Waals surface area contributed by atoms with Crippen molar-refractivity contribution in [2.45, 2.75) is 213 Å². The molecule has 1 unspecified atom stereocenters. The highest BCUT2D eigenvalue weighted by atomic mass is 16.6.